The van der Waals surface area contributed by atoms with Crippen molar-refractivity contribution in [3.8, 4) is 0 Å². The first kappa shape index (κ1) is 10.7. The van der Waals surface area contributed by atoms with Crippen LogP contribution in [-0.2, 0) is 17.3 Å². The smallest absolute Gasteiger partial charge is 0.314 e. The molecule has 1 aliphatic carbocycles. The molecule has 1 fully saturated rings. The van der Waals surface area contributed by atoms with Gasteiger partial charge in [0.1, 0.15) is 0 Å². The van der Waals surface area contributed by atoms with Crippen molar-refractivity contribution < 1.29 is 9.90 Å². The summed E-state index contributed by atoms with van der Waals surface area (Å²) in [6.07, 6.45) is 3.37. The van der Waals surface area contributed by atoms with Crippen LogP contribution in [0.15, 0.2) is 24.4 Å². The molecule has 1 N–H and O–H groups in total. The Bertz CT molecular complexity index is 626. The van der Waals surface area contributed by atoms with Crippen LogP contribution in [0.3, 0.4) is 0 Å². The van der Waals surface area contributed by atoms with Crippen molar-refractivity contribution in [2.75, 3.05) is 0 Å². The molecule has 0 radical (unpaired) electrons. The Hall–Kier alpha value is -1.48. The zero-order chi connectivity index (χ0) is 12.2. The monoisotopic (exact) mass is 249 g/mol. The van der Waals surface area contributed by atoms with Gasteiger partial charge in [0.05, 0.1) is 5.41 Å². The van der Waals surface area contributed by atoms with Gasteiger partial charge in [-0.15, -0.1) is 0 Å². The molecule has 0 saturated heterocycles. The molecule has 0 amide bonds. The van der Waals surface area contributed by atoms with E-state index < -0.39 is 11.4 Å². The first-order valence-corrected chi connectivity index (χ1v) is 5.91. The van der Waals surface area contributed by atoms with Gasteiger partial charge in [-0.1, -0.05) is 17.7 Å². The first-order chi connectivity index (χ1) is 8.04. The molecule has 1 aromatic heterocycles. The van der Waals surface area contributed by atoms with Crippen molar-refractivity contribution in [3.63, 3.8) is 0 Å². The Kier molecular flexibility index (Phi) is 2.05. The van der Waals surface area contributed by atoms with Gasteiger partial charge in [0, 0.05) is 29.2 Å². The molecule has 17 heavy (non-hydrogen) atoms. The summed E-state index contributed by atoms with van der Waals surface area (Å²) in [4.78, 5) is 11.4. The highest BCUT2D eigenvalue weighted by Gasteiger charge is 2.53. The molecule has 0 atom stereocenters. The number of aliphatic carboxylic acids is 1. The Morgan fingerprint density at radius 2 is 2.18 bits per heavy atom. The Balaban J connectivity index is 2.29. The average molecular weight is 250 g/mol. The number of aryl methyl sites for hydroxylation is 1. The van der Waals surface area contributed by atoms with Crippen LogP contribution in [-0.4, -0.2) is 15.6 Å². The second-order valence-corrected chi connectivity index (χ2v) is 5.14. The SMILES string of the molecule is Cn1cc(C2(C(=O)O)CC2)c2ccc(Cl)cc21. The van der Waals surface area contributed by atoms with Crippen LogP contribution in [0.25, 0.3) is 10.9 Å². The summed E-state index contributed by atoms with van der Waals surface area (Å²) >= 11 is 5.96. The summed E-state index contributed by atoms with van der Waals surface area (Å²) in [6.45, 7) is 0. The maximum Gasteiger partial charge on any atom is 0.314 e. The van der Waals surface area contributed by atoms with Crippen molar-refractivity contribution in [2.24, 2.45) is 7.05 Å². The summed E-state index contributed by atoms with van der Waals surface area (Å²) in [5, 5.41) is 11.0. The number of fused-ring (bicyclic) bond motifs is 1. The van der Waals surface area contributed by atoms with Crippen molar-refractivity contribution in [3.05, 3.63) is 35.0 Å². The highest BCUT2D eigenvalue weighted by molar-refractivity contribution is 6.31. The molecule has 0 unspecified atom stereocenters. The summed E-state index contributed by atoms with van der Waals surface area (Å²) in [5.74, 6) is -0.722. The molecular weight excluding hydrogens is 238 g/mol. The summed E-state index contributed by atoms with van der Waals surface area (Å²) in [7, 11) is 1.92. The van der Waals surface area contributed by atoms with E-state index in [9.17, 15) is 9.90 Å². The lowest BCUT2D eigenvalue weighted by Crippen LogP contribution is -2.19. The molecular formula is C13H12ClNO2. The van der Waals surface area contributed by atoms with E-state index in [0.29, 0.717) is 5.02 Å². The second-order valence-electron chi connectivity index (χ2n) is 4.70. The van der Waals surface area contributed by atoms with Crippen LogP contribution < -0.4 is 0 Å². The van der Waals surface area contributed by atoms with Crippen LogP contribution in [0.2, 0.25) is 5.02 Å². The third-order valence-electron chi connectivity index (χ3n) is 3.63. The number of hydrogen-bond donors (Lipinski definition) is 1. The Morgan fingerprint density at radius 1 is 1.47 bits per heavy atom. The minimum atomic E-state index is -0.722. The van der Waals surface area contributed by atoms with Crippen molar-refractivity contribution >= 4 is 28.5 Å². The van der Waals surface area contributed by atoms with Crippen LogP contribution in [0.1, 0.15) is 18.4 Å². The fourth-order valence-electron chi connectivity index (χ4n) is 2.46. The van der Waals surface area contributed by atoms with Gasteiger partial charge >= 0.3 is 5.97 Å². The second kappa shape index (κ2) is 3.26. The molecule has 1 aromatic carbocycles. The minimum absolute atomic E-state index is 0.659. The summed E-state index contributed by atoms with van der Waals surface area (Å²) in [5.41, 5.74) is 1.24. The molecule has 0 spiro atoms. The van der Waals surface area contributed by atoms with Crippen molar-refractivity contribution in [1.29, 1.82) is 0 Å². The Morgan fingerprint density at radius 3 is 2.76 bits per heavy atom. The predicted octanol–water partition coefficient (Wildman–Crippen LogP) is 2.95. The number of carboxylic acids is 1. The van der Waals surface area contributed by atoms with Gasteiger partial charge in [0.2, 0.25) is 0 Å². The van der Waals surface area contributed by atoms with Crippen LogP contribution in [0.4, 0.5) is 0 Å². The average Bonchev–Trinajstić information content (AvgIpc) is 3.02. The number of aromatic nitrogens is 1. The maximum atomic E-state index is 11.4. The summed E-state index contributed by atoms with van der Waals surface area (Å²) in [6, 6.07) is 5.60. The topological polar surface area (TPSA) is 42.2 Å². The molecule has 88 valence electrons. The zero-order valence-corrected chi connectivity index (χ0v) is 10.2. The fraction of sp³-hybridized carbons (Fsp3) is 0.308. The standard InChI is InChI=1S/C13H12ClNO2/c1-15-7-10(13(4-5-13)12(16)17)9-3-2-8(14)6-11(9)15/h2-3,6-7H,4-5H2,1H3,(H,16,17). The van der Waals surface area contributed by atoms with E-state index in [1.54, 1.807) is 0 Å². The number of carboxylic acid groups (broad SMARTS) is 1. The molecule has 1 heterocycles. The first-order valence-electron chi connectivity index (χ1n) is 5.53. The number of hydrogen-bond acceptors (Lipinski definition) is 1. The predicted molar refractivity (Wildman–Crippen MR) is 66.5 cm³/mol. The zero-order valence-electron chi connectivity index (χ0n) is 9.40. The maximum absolute atomic E-state index is 11.4. The van der Waals surface area contributed by atoms with Gasteiger partial charge < -0.3 is 9.67 Å². The molecule has 3 nitrogen and oxygen atoms in total. The molecule has 2 aromatic rings. The number of halogens is 1. The van der Waals surface area contributed by atoms with Gasteiger partial charge in [-0.05, 0) is 30.5 Å². The summed E-state index contributed by atoms with van der Waals surface area (Å²) < 4.78 is 1.94. The van der Waals surface area contributed by atoms with Crippen LogP contribution in [0, 0.1) is 0 Å². The lowest BCUT2D eigenvalue weighted by Gasteiger charge is -2.07. The van der Waals surface area contributed by atoms with Crippen LogP contribution in [0.5, 0.6) is 0 Å². The van der Waals surface area contributed by atoms with E-state index in [1.165, 1.54) is 0 Å². The van der Waals surface area contributed by atoms with E-state index in [4.69, 9.17) is 11.6 Å². The van der Waals surface area contributed by atoms with Gasteiger partial charge in [-0.3, -0.25) is 4.79 Å². The highest BCUT2D eigenvalue weighted by atomic mass is 35.5. The molecule has 1 aliphatic rings. The minimum Gasteiger partial charge on any atom is -0.481 e. The van der Waals surface area contributed by atoms with E-state index in [2.05, 4.69) is 0 Å². The third-order valence-corrected chi connectivity index (χ3v) is 3.86. The fourth-order valence-corrected chi connectivity index (χ4v) is 2.63. The third kappa shape index (κ3) is 1.39. The largest absolute Gasteiger partial charge is 0.481 e. The van der Waals surface area contributed by atoms with E-state index in [1.807, 2.05) is 36.0 Å². The number of benzene rings is 1. The highest BCUT2D eigenvalue weighted by Crippen LogP contribution is 2.51. The number of rotatable bonds is 2. The van der Waals surface area contributed by atoms with Crippen LogP contribution >= 0.6 is 11.6 Å². The van der Waals surface area contributed by atoms with Gasteiger partial charge in [-0.25, -0.2) is 0 Å². The van der Waals surface area contributed by atoms with Crippen molar-refractivity contribution in [2.45, 2.75) is 18.3 Å². The van der Waals surface area contributed by atoms with Gasteiger partial charge in [-0.2, -0.15) is 0 Å². The van der Waals surface area contributed by atoms with Gasteiger partial charge in [0.25, 0.3) is 0 Å². The number of carbonyl (C=O) groups is 1. The lowest BCUT2D eigenvalue weighted by atomic mass is 9.96. The normalized spacial score (nSPS) is 17.3. The molecule has 1 saturated carbocycles. The molecule has 0 bridgehead atoms. The van der Waals surface area contributed by atoms with E-state index >= 15 is 0 Å². The van der Waals surface area contributed by atoms with E-state index in [0.717, 1.165) is 29.3 Å². The van der Waals surface area contributed by atoms with E-state index in [-0.39, 0.29) is 0 Å². The number of nitrogens with zero attached hydrogens (tertiary/aromatic N) is 1. The lowest BCUT2D eigenvalue weighted by molar-refractivity contribution is -0.140. The van der Waals surface area contributed by atoms with Crippen molar-refractivity contribution in [1.82, 2.24) is 4.57 Å². The molecule has 0 aliphatic heterocycles. The van der Waals surface area contributed by atoms with Gasteiger partial charge in [0.15, 0.2) is 0 Å². The molecule has 4 heteroatoms. The quantitative estimate of drug-likeness (QED) is 0.889. The molecule has 3 rings (SSSR count). The Labute approximate surface area is 104 Å².